The summed E-state index contributed by atoms with van der Waals surface area (Å²) in [6.45, 7) is 0.611. The topological polar surface area (TPSA) is 123 Å². The molecule has 42 heavy (non-hydrogen) atoms. The number of carbonyl (C=O) groups is 4. The minimum Gasteiger partial charge on any atom is -0.497 e. The molecule has 10 nitrogen and oxygen atoms in total. The van der Waals surface area contributed by atoms with E-state index in [0.29, 0.717) is 18.7 Å². The number of imide groups is 1. The Bertz CT molecular complexity index is 1380. The first kappa shape index (κ1) is 30.8. The van der Waals surface area contributed by atoms with Crippen LogP contribution >= 0.6 is 0 Å². The maximum atomic E-state index is 13.4. The molecule has 1 N–H and O–H groups in total. The van der Waals surface area contributed by atoms with E-state index in [2.05, 4.69) is 4.90 Å². The van der Waals surface area contributed by atoms with Crippen LogP contribution in [0.4, 0.5) is 13.2 Å². The Balaban J connectivity index is 0.000000517. The van der Waals surface area contributed by atoms with Gasteiger partial charge in [0.2, 0.25) is 11.8 Å². The molecule has 0 unspecified atom stereocenters. The molecule has 3 saturated heterocycles. The Kier molecular flexibility index (Phi) is 8.53. The summed E-state index contributed by atoms with van der Waals surface area (Å²) in [6.07, 6.45) is -2.91. The number of alkyl halides is 3. The molecule has 0 aromatic heterocycles. The lowest BCUT2D eigenvalue weighted by molar-refractivity contribution is -0.192. The SMILES string of the molecule is COC(=O)[C@@]12CCCCN1[C@H](c1ccc(-c3ccc(OC)cc3)c(OC)c1)[C@@H]1C(=O)N(C)C(=O)[C@@H]12.O=C(O)C(F)(F)F. The van der Waals surface area contributed by atoms with Crippen molar-refractivity contribution in [3.05, 3.63) is 48.0 Å². The molecule has 0 aliphatic carbocycles. The van der Waals surface area contributed by atoms with Crippen molar-refractivity contribution >= 4 is 23.8 Å². The number of halogens is 3. The van der Waals surface area contributed by atoms with E-state index in [-0.39, 0.29) is 11.8 Å². The summed E-state index contributed by atoms with van der Waals surface area (Å²) in [7, 11) is 6.09. The number of nitrogens with zero attached hydrogens (tertiary/aromatic N) is 2. The first-order valence-electron chi connectivity index (χ1n) is 13.1. The predicted octanol–water partition coefficient (Wildman–Crippen LogP) is 3.69. The van der Waals surface area contributed by atoms with Gasteiger partial charge in [0.05, 0.1) is 33.2 Å². The van der Waals surface area contributed by atoms with E-state index in [4.69, 9.17) is 24.1 Å². The number of fused-ring (bicyclic) bond motifs is 3. The Labute approximate surface area is 239 Å². The first-order chi connectivity index (χ1) is 19.8. The fourth-order valence-corrected chi connectivity index (χ4v) is 6.40. The number of ether oxygens (including phenoxy) is 3. The van der Waals surface area contributed by atoms with Gasteiger partial charge in [-0.25, -0.2) is 4.79 Å². The van der Waals surface area contributed by atoms with Crippen LogP contribution < -0.4 is 9.47 Å². The maximum Gasteiger partial charge on any atom is 0.490 e. The molecular formula is C29H31F3N2O8. The second-order valence-electron chi connectivity index (χ2n) is 10.2. The van der Waals surface area contributed by atoms with E-state index in [1.165, 1.54) is 19.1 Å². The first-order valence-corrected chi connectivity index (χ1v) is 13.1. The highest BCUT2D eigenvalue weighted by molar-refractivity contribution is 6.09. The van der Waals surface area contributed by atoms with Gasteiger partial charge in [-0.15, -0.1) is 0 Å². The minimum atomic E-state index is -5.08. The number of amides is 2. The third-order valence-corrected chi connectivity index (χ3v) is 8.23. The van der Waals surface area contributed by atoms with Crippen molar-refractivity contribution in [3.8, 4) is 22.6 Å². The Morgan fingerprint density at radius 2 is 1.62 bits per heavy atom. The molecule has 4 atom stereocenters. The standard InChI is InChI=1S/C27H30N2O6.C2HF3O2/c1-28-24(30)21-22(25(28)31)27(26(32)35-4)13-5-6-14-29(27)23(21)17-9-12-19(20(15-17)34-3)16-7-10-18(33-2)11-8-16;3-2(4,5)1(6)7/h7-12,15,21-23H,5-6,13-14H2,1-4H3;(H,6,7)/t21-,22-,23-,27+;/m1./s1. The average molecular weight is 593 g/mol. The number of methoxy groups -OCH3 is 3. The smallest absolute Gasteiger partial charge is 0.490 e. The van der Waals surface area contributed by atoms with Crippen LogP contribution in [0.15, 0.2) is 42.5 Å². The van der Waals surface area contributed by atoms with Crippen molar-refractivity contribution in [3.63, 3.8) is 0 Å². The van der Waals surface area contributed by atoms with Crippen molar-refractivity contribution in [1.29, 1.82) is 0 Å². The summed E-state index contributed by atoms with van der Waals surface area (Å²) in [5.74, 6) is -3.74. The molecule has 0 bridgehead atoms. The van der Waals surface area contributed by atoms with Gasteiger partial charge in [0.15, 0.2) is 0 Å². The number of benzene rings is 2. The summed E-state index contributed by atoms with van der Waals surface area (Å²) in [4.78, 5) is 52.1. The van der Waals surface area contributed by atoms with Crippen LogP contribution in [0.2, 0.25) is 0 Å². The molecule has 0 saturated carbocycles. The number of carbonyl (C=O) groups excluding carboxylic acids is 3. The van der Waals surface area contributed by atoms with Gasteiger partial charge in [0.25, 0.3) is 0 Å². The second-order valence-corrected chi connectivity index (χ2v) is 10.2. The van der Waals surface area contributed by atoms with Crippen LogP contribution in [-0.4, -0.2) is 85.3 Å². The quantitative estimate of drug-likeness (QED) is 0.409. The zero-order chi connectivity index (χ0) is 31.0. The summed E-state index contributed by atoms with van der Waals surface area (Å²) < 4.78 is 48.0. The van der Waals surface area contributed by atoms with Crippen LogP contribution in [0, 0.1) is 11.8 Å². The van der Waals surface area contributed by atoms with E-state index < -0.39 is 41.5 Å². The molecule has 2 aromatic rings. The minimum absolute atomic E-state index is 0.249. The molecule has 0 spiro atoms. The highest BCUT2D eigenvalue weighted by Crippen LogP contribution is 2.58. The van der Waals surface area contributed by atoms with Crippen LogP contribution in [-0.2, 0) is 23.9 Å². The van der Waals surface area contributed by atoms with Gasteiger partial charge in [-0.2, -0.15) is 13.2 Å². The number of likely N-dealkylation sites (tertiary alicyclic amines) is 1. The van der Waals surface area contributed by atoms with Gasteiger partial charge in [0, 0.05) is 18.7 Å². The van der Waals surface area contributed by atoms with Gasteiger partial charge in [-0.1, -0.05) is 24.3 Å². The average Bonchev–Trinajstić information content (AvgIpc) is 3.42. The largest absolute Gasteiger partial charge is 0.497 e. The lowest BCUT2D eigenvalue weighted by Crippen LogP contribution is -2.59. The zero-order valence-electron chi connectivity index (χ0n) is 23.4. The van der Waals surface area contributed by atoms with Gasteiger partial charge < -0.3 is 19.3 Å². The van der Waals surface area contributed by atoms with Gasteiger partial charge in [0.1, 0.15) is 17.0 Å². The lowest BCUT2D eigenvalue weighted by atomic mass is 9.75. The Morgan fingerprint density at radius 3 is 2.17 bits per heavy atom. The van der Waals surface area contributed by atoms with Crippen molar-refractivity contribution < 1.29 is 51.7 Å². The zero-order valence-corrected chi connectivity index (χ0v) is 23.4. The molecule has 3 heterocycles. The Morgan fingerprint density at radius 1 is 0.976 bits per heavy atom. The van der Waals surface area contributed by atoms with E-state index >= 15 is 0 Å². The van der Waals surface area contributed by atoms with E-state index in [0.717, 1.165) is 35.3 Å². The fourth-order valence-electron chi connectivity index (χ4n) is 6.40. The number of rotatable bonds is 5. The number of aliphatic carboxylic acids is 1. The van der Waals surface area contributed by atoms with Crippen LogP contribution in [0.3, 0.4) is 0 Å². The van der Waals surface area contributed by atoms with Gasteiger partial charge >= 0.3 is 18.1 Å². The molecular weight excluding hydrogens is 561 g/mol. The highest BCUT2D eigenvalue weighted by Gasteiger charge is 2.72. The number of carboxylic acids is 1. The number of esters is 1. The van der Waals surface area contributed by atoms with E-state index in [9.17, 15) is 27.6 Å². The van der Waals surface area contributed by atoms with Crippen molar-refractivity contribution in [1.82, 2.24) is 9.80 Å². The van der Waals surface area contributed by atoms with Crippen LogP contribution in [0.1, 0.15) is 30.9 Å². The summed E-state index contributed by atoms with van der Waals surface area (Å²) in [6, 6.07) is 13.1. The van der Waals surface area contributed by atoms with Gasteiger partial charge in [-0.3, -0.25) is 24.2 Å². The number of piperidine rings is 1. The third-order valence-electron chi connectivity index (χ3n) is 8.23. The molecule has 3 aliphatic rings. The highest BCUT2D eigenvalue weighted by atomic mass is 19.4. The van der Waals surface area contributed by atoms with Crippen molar-refractivity contribution in [2.24, 2.45) is 11.8 Å². The molecule has 2 amide bonds. The molecule has 3 aliphatic heterocycles. The summed E-state index contributed by atoms with van der Waals surface area (Å²) in [5, 5.41) is 7.12. The van der Waals surface area contributed by atoms with Gasteiger partial charge in [-0.05, 0) is 55.1 Å². The Hall–Kier alpha value is -4.13. The van der Waals surface area contributed by atoms with Crippen molar-refractivity contribution in [2.75, 3.05) is 34.9 Å². The molecule has 2 aromatic carbocycles. The molecule has 5 rings (SSSR count). The monoisotopic (exact) mass is 592 g/mol. The van der Waals surface area contributed by atoms with Crippen molar-refractivity contribution in [2.45, 2.75) is 37.0 Å². The number of hydrogen-bond donors (Lipinski definition) is 1. The third kappa shape index (κ3) is 5.06. The number of carboxylic acid groups (broad SMARTS) is 1. The number of hydrogen-bond acceptors (Lipinski definition) is 8. The lowest BCUT2D eigenvalue weighted by Gasteiger charge is -2.44. The van der Waals surface area contributed by atoms with E-state index in [1.807, 2.05) is 42.5 Å². The second kappa shape index (κ2) is 11.6. The predicted molar refractivity (Wildman–Crippen MR) is 141 cm³/mol. The molecule has 226 valence electrons. The fraction of sp³-hybridized carbons (Fsp3) is 0.448. The van der Waals surface area contributed by atoms with E-state index in [1.54, 1.807) is 14.2 Å². The van der Waals surface area contributed by atoms with Crippen LogP contribution in [0.25, 0.3) is 11.1 Å². The van der Waals surface area contributed by atoms with Crippen LogP contribution in [0.5, 0.6) is 11.5 Å². The molecule has 0 radical (unpaired) electrons. The summed E-state index contributed by atoms with van der Waals surface area (Å²) in [5.41, 5.74) is 1.57. The molecule has 13 heteroatoms. The maximum absolute atomic E-state index is 13.4. The summed E-state index contributed by atoms with van der Waals surface area (Å²) >= 11 is 0. The normalized spacial score (nSPS) is 25.2. The molecule has 3 fully saturated rings.